The van der Waals surface area contributed by atoms with Crippen LogP contribution in [0.3, 0.4) is 0 Å². The average molecular weight is 363 g/mol. The second kappa shape index (κ2) is 6.84. The number of rotatable bonds is 2. The highest BCUT2D eigenvalue weighted by Gasteiger charge is 2.31. The minimum absolute atomic E-state index is 0.0804. The number of benzene rings is 2. The molecule has 2 aromatic carbocycles. The van der Waals surface area contributed by atoms with Gasteiger partial charge in [-0.3, -0.25) is 4.79 Å². The molecule has 1 atom stereocenters. The van der Waals surface area contributed by atoms with Crippen molar-refractivity contribution in [3.05, 3.63) is 69.2 Å². The topological polar surface area (TPSA) is 44.1 Å². The van der Waals surface area contributed by atoms with E-state index in [0.717, 1.165) is 11.3 Å². The second-order valence-corrected chi connectivity index (χ2v) is 7.09. The Morgan fingerprint density at radius 2 is 2.04 bits per heavy atom. The molecule has 0 aliphatic carbocycles. The molecular weight excluding hydrogens is 351 g/mol. The first-order chi connectivity index (χ1) is 11.1. The van der Waals surface area contributed by atoms with Gasteiger partial charge in [0, 0.05) is 17.9 Å². The van der Waals surface area contributed by atoms with Crippen LogP contribution in [0.25, 0.3) is 0 Å². The van der Waals surface area contributed by atoms with Crippen LogP contribution in [-0.4, -0.2) is 23.1 Å². The van der Waals surface area contributed by atoms with Crippen LogP contribution in [0.15, 0.2) is 42.5 Å². The fourth-order valence-corrected chi connectivity index (χ4v) is 4.06. The molecule has 23 heavy (non-hydrogen) atoms. The highest BCUT2D eigenvalue weighted by Crippen LogP contribution is 2.40. The van der Waals surface area contributed by atoms with E-state index in [1.54, 1.807) is 53.1 Å². The lowest BCUT2D eigenvalue weighted by Crippen LogP contribution is -2.30. The van der Waals surface area contributed by atoms with Crippen molar-refractivity contribution in [1.82, 2.24) is 4.90 Å². The Labute approximate surface area is 148 Å². The molecule has 2 aromatic rings. The van der Waals surface area contributed by atoms with Crippen molar-refractivity contribution in [3.63, 3.8) is 0 Å². The Balaban J connectivity index is 1.90. The third kappa shape index (κ3) is 3.32. The number of hydrogen-bond acceptors (Lipinski definition) is 3. The van der Waals surface area contributed by atoms with E-state index in [2.05, 4.69) is 6.07 Å². The molecule has 1 aliphatic rings. The fraction of sp³-hybridized carbons (Fsp3) is 0.176. The molecule has 0 saturated carbocycles. The zero-order valence-corrected chi connectivity index (χ0v) is 14.3. The van der Waals surface area contributed by atoms with Crippen LogP contribution in [0.2, 0.25) is 10.0 Å². The monoisotopic (exact) mass is 362 g/mol. The standard InChI is InChI=1S/C17H12Cl2N2OS/c18-14-5-4-13(9-15(14)19)17-21(6-7-23-17)16(22)12-3-1-2-11(8-12)10-20/h1-5,8-9,17H,6-7H2/t17-/m0/s1. The number of nitriles is 1. The Hall–Kier alpha value is -1.67. The molecule has 0 N–H and O–H groups in total. The van der Waals surface area contributed by atoms with Gasteiger partial charge in [0.15, 0.2) is 0 Å². The normalized spacial score (nSPS) is 17.1. The van der Waals surface area contributed by atoms with Crippen molar-refractivity contribution in [2.24, 2.45) is 0 Å². The number of thioether (sulfide) groups is 1. The van der Waals surface area contributed by atoms with Crippen molar-refractivity contribution in [1.29, 1.82) is 5.26 Å². The quantitative estimate of drug-likeness (QED) is 0.773. The van der Waals surface area contributed by atoms with Gasteiger partial charge in [0.25, 0.3) is 5.91 Å². The van der Waals surface area contributed by atoms with E-state index in [0.29, 0.717) is 27.7 Å². The molecule has 6 heteroatoms. The van der Waals surface area contributed by atoms with Crippen LogP contribution in [0.4, 0.5) is 0 Å². The van der Waals surface area contributed by atoms with Gasteiger partial charge in [-0.15, -0.1) is 11.8 Å². The van der Waals surface area contributed by atoms with Crippen LogP contribution >= 0.6 is 35.0 Å². The summed E-state index contributed by atoms with van der Waals surface area (Å²) in [5.41, 5.74) is 1.96. The lowest BCUT2D eigenvalue weighted by Gasteiger charge is -2.24. The second-order valence-electron chi connectivity index (χ2n) is 5.09. The Morgan fingerprint density at radius 1 is 1.22 bits per heavy atom. The molecule has 0 aromatic heterocycles. The fourth-order valence-electron chi connectivity index (χ4n) is 2.51. The van der Waals surface area contributed by atoms with E-state index in [4.69, 9.17) is 28.5 Å². The summed E-state index contributed by atoms with van der Waals surface area (Å²) in [5.74, 6) is 0.775. The van der Waals surface area contributed by atoms with E-state index in [1.165, 1.54) is 0 Å². The molecule has 1 saturated heterocycles. The Bertz CT molecular complexity index is 803. The molecule has 1 aliphatic heterocycles. The van der Waals surface area contributed by atoms with Crippen LogP contribution in [-0.2, 0) is 0 Å². The molecule has 3 nitrogen and oxygen atoms in total. The molecule has 1 heterocycles. The molecular formula is C17H12Cl2N2OS. The van der Waals surface area contributed by atoms with Crippen LogP contribution in [0, 0.1) is 11.3 Å². The smallest absolute Gasteiger partial charge is 0.255 e. The minimum atomic E-state index is -0.0944. The van der Waals surface area contributed by atoms with Gasteiger partial charge in [0.1, 0.15) is 5.37 Å². The molecule has 0 radical (unpaired) electrons. The number of hydrogen-bond donors (Lipinski definition) is 0. The van der Waals surface area contributed by atoms with Crippen LogP contribution in [0.5, 0.6) is 0 Å². The van der Waals surface area contributed by atoms with Crippen molar-refractivity contribution >= 4 is 40.9 Å². The Morgan fingerprint density at radius 3 is 2.78 bits per heavy atom. The predicted molar refractivity (Wildman–Crippen MR) is 93.9 cm³/mol. The number of carbonyl (C=O) groups is 1. The van der Waals surface area contributed by atoms with Gasteiger partial charge >= 0.3 is 0 Å². The van der Waals surface area contributed by atoms with Crippen molar-refractivity contribution in [3.8, 4) is 6.07 Å². The van der Waals surface area contributed by atoms with Gasteiger partial charge in [-0.2, -0.15) is 5.26 Å². The first kappa shape index (κ1) is 16.2. The summed E-state index contributed by atoms with van der Waals surface area (Å²) in [7, 11) is 0. The van der Waals surface area contributed by atoms with Crippen molar-refractivity contribution in [2.45, 2.75) is 5.37 Å². The van der Waals surface area contributed by atoms with Gasteiger partial charge in [0.05, 0.1) is 21.7 Å². The average Bonchev–Trinajstić information content (AvgIpc) is 3.06. The third-order valence-electron chi connectivity index (χ3n) is 3.62. The van der Waals surface area contributed by atoms with E-state index >= 15 is 0 Å². The summed E-state index contributed by atoms with van der Waals surface area (Å²) in [4.78, 5) is 14.6. The highest BCUT2D eigenvalue weighted by atomic mass is 35.5. The molecule has 0 spiro atoms. The molecule has 1 fully saturated rings. The summed E-state index contributed by atoms with van der Waals surface area (Å²) in [5, 5.41) is 9.88. The van der Waals surface area contributed by atoms with Gasteiger partial charge in [-0.05, 0) is 35.9 Å². The molecule has 3 rings (SSSR count). The van der Waals surface area contributed by atoms with Gasteiger partial charge < -0.3 is 4.90 Å². The summed E-state index contributed by atoms with van der Waals surface area (Å²) in [6.45, 7) is 0.658. The first-order valence-electron chi connectivity index (χ1n) is 6.98. The van der Waals surface area contributed by atoms with E-state index in [9.17, 15) is 4.79 Å². The van der Waals surface area contributed by atoms with Crippen molar-refractivity contribution < 1.29 is 4.79 Å². The maximum absolute atomic E-state index is 12.8. The number of halogens is 2. The lowest BCUT2D eigenvalue weighted by molar-refractivity contribution is 0.0760. The van der Waals surface area contributed by atoms with Gasteiger partial charge in [0.2, 0.25) is 0 Å². The third-order valence-corrected chi connectivity index (χ3v) is 5.62. The number of nitrogens with zero attached hydrogens (tertiary/aromatic N) is 2. The minimum Gasteiger partial charge on any atom is -0.322 e. The summed E-state index contributed by atoms with van der Waals surface area (Å²) in [6.07, 6.45) is 0. The van der Waals surface area contributed by atoms with E-state index < -0.39 is 0 Å². The molecule has 0 unspecified atom stereocenters. The molecule has 1 amide bonds. The maximum Gasteiger partial charge on any atom is 0.255 e. The van der Waals surface area contributed by atoms with E-state index in [-0.39, 0.29) is 11.3 Å². The van der Waals surface area contributed by atoms with E-state index in [1.807, 2.05) is 6.07 Å². The summed E-state index contributed by atoms with van der Waals surface area (Å²) >= 11 is 13.8. The van der Waals surface area contributed by atoms with Gasteiger partial charge in [-0.1, -0.05) is 35.3 Å². The van der Waals surface area contributed by atoms with Crippen LogP contribution < -0.4 is 0 Å². The maximum atomic E-state index is 12.8. The summed E-state index contributed by atoms with van der Waals surface area (Å²) < 4.78 is 0. The summed E-state index contributed by atoms with van der Waals surface area (Å²) in [6, 6.07) is 14.3. The van der Waals surface area contributed by atoms with Gasteiger partial charge in [-0.25, -0.2) is 0 Å². The highest BCUT2D eigenvalue weighted by molar-refractivity contribution is 7.99. The number of amides is 1. The van der Waals surface area contributed by atoms with Crippen molar-refractivity contribution in [2.75, 3.05) is 12.3 Å². The molecule has 116 valence electrons. The molecule has 0 bridgehead atoms. The first-order valence-corrected chi connectivity index (χ1v) is 8.78. The van der Waals surface area contributed by atoms with Crippen LogP contribution in [0.1, 0.15) is 26.9 Å². The lowest BCUT2D eigenvalue weighted by atomic mass is 10.1. The zero-order valence-electron chi connectivity index (χ0n) is 12.0. The zero-order chi connectivity index (χ0) is 16.4. The SMILES string of the molecule is N#Cc1cccc(C(=O)N2CCS[C@H]2c2ccc(Cl)c(Cl)c2)c1. The Kier molecular flexibility index (Phi) is 4.82. The largest absolute Gasteiger partial charge is 0.322 e. The predicted octanol–water partition coefficient (Wildman–Crippen LogP) is 4.75. The number of carbonyl (C=O) groups excluding carboxylic acids is 1.